The van der Waals surface area contributed by atoms with Crippen molar-refractivity contribution in [2.75, 3.05) is 0 Å². The highest BCUT2D eigenvalue weighted by molar-refractivity contribution is 7.99. The van der Waals surface area contributed by atoms with Gasteiger partial charge in [0, 0.05) is 16.1 Å². The predicted molar refractivity (Wildman–Crippen MR) is 85.9 cm³/mol. The maximum atomic E-state index is 11.5. The maximum Gasteiger partial charge on any atom is 0.124 e. The molecule has 0 bridgehead atoms. The van der Waals surface area contributed by atoms with Crippen molar-refractivity contribution in [1.82, 2.24) is 0 Å². The molecule has 2 aromatic rings. The Morgan fingerprint density at radius 1 is 0.900 bits per heavy atom. The van der Waals surface area contributed by atoms with Crippen LogP contribution in [-0.4, -0.2) is 6.29 Å². The van der Waals surface area contributed by atoms with Gasteiger partial charge in [-0.2, -0.15) is 0 Å². The van der Waals surface area contributed by atoms with E-state index in [0.29, 0.717) is 5.92 Å². The lowest BCUT2D eigenvalue weighted by molar-refractivity contribution is -0.112. The molecule has 0 heterocycles. The average molecular weight is 284 g/mol. The summed E-state index contributed by atoms with van der Waals surface area (Å²) < 4.78 is 0. The van der Waals surface area contributed by atoms with E-state index in [2.05, 4.69) is 38.1 Å². The summed E-state index contributed by atoms with van der Waals surface area (Å²) >= 11 is 1.77. The Kier molecular flexibility index (Phi) is 5.42. The molecule has 0 aliphatic heterocycles. The van der Waals surface area contributed by atoms with E-state index in [9.17, 15) is 4.79 Å². The summed E-state index contributed by atoms with van der Waals surface area (Å²) in [6.07, 6.45) is 1.11. The molecule has 0 saturated heterocycles. The predicted octanol–water partition coefficient (Wildman–Crippen LogP) is 4.99. The van der Waals surface area contributed by atoms with Gasteiger partial charge in [-0.3, -0.25) is 0 Å². The molecule has 2 heteroatoms. The maximum absolute atomic E-state index is 11.5. The van der Waals surface area contributed by atoms with Crippen LogP contribution < -0.4 is 0 Å². The zero-order valence-electron chi connectivity index (χ0n) is 11.9. The second-order valence-electron chi connectivity index (χ2n) is 5.22. The van der Waals surface area contributed by atoms with Gasteiger partial charge in [0.25, 0.3) is 0 Å². The Labute approximate surface area is 125 Å². The van der Waals surface area contributed by atoms with Gasteiger partial charge in [-0.15, -0.1) is 11.8 Å². The van der Waals surface area contributed by atoms with Crippen LogP contribution in [0.25, 0.3) is 0 Å². The van der Waals surface area contributed by atoms with Crippen LogP contribution >= 0.6 is 11.8 Å². The Bertz CT molecular complexity index is 522. The van der Waals surface area contributed by atoms with E-state index in [1.165, 1.54) is 10.5 Å². The zero-order valence-corrected chi connectivity index (χ0v) is 12.7. The van der Waals surface area contributed by atoms with Crippen LogP contribution in [0.1, 0.15) is 24.7 Å². The van der Waals surface area contributed by atoms with Crippen LogP contribution in [0, 0.1) is 11.8 Å². The molecule has 0 amide bonds. The van der Waals surface area contributed by atoms with E-state index in [4.69, 9.17) is 0 Å². The molecule has 0 saturated carbocycles. The quantitative estimate of drug-likeness (QED) is 0.549. The first kappa shape index (κ1) is 14.9. The SMILES string of the molecule is CC(C)C(C=O)C(Sc1ccccc1)c1ccccc1. The van der Waals surface area contributed by atoms with Crippen molar-refractivity contribution in [3.63, 3.8) is 0 Å². The molecule has 0 aromatic heterocycles. The highest BCUT2D eigenvalue weighted by Crippen LogP contribution is 2.42. The molecule has 0 fully saturated rings. The van der Waals surface area contributed by atoms with Crippen LogP contribution in [0.3, 0.4) is 0 Å². The van der Waals surface area contributed by atoms with Crippen molar-refractivity contribution in [2.45, 2.75) is 24.0 Å². The molecule has 2 aromatic carbocycles. The molecule has 2 rings (SSSR count). The van der Waals surface area contributed by atoms with Crippen molar-refractivity contribution in [1.29, 1.82) is 0 Å². The summed E-state index contributed by atoms with van der Waals surface area (Å²) in [5.74, 6) is 0.344. The van der Waals surface area contributed by atoms with Gasteiger partial charge < -0.3 is 4.79 Å². The van der Waals surface area contributed by atoms with Crippen LogP contribution in [0.15, 0.2) is 65.6 Å². The molecule has 0 spiro atoms. The summed E-state index contributed by atoms with van der Waals surface area (Å²) in [5.41, 5.74) is 1.21. The molecule has 0 radical (unpaired) electrons. The molecule has 104 valence electrons. The monoisotopic (exact) mass is 284 g/mol. The number of rotatable bonds is 6. The average Bonchev–Trinajstić information content (AvgIpc) is 2.48. The van der Waals surface area contributed by atoms with Crippen LogP contribution in [0.2, 0.25) is 0 Å². The Hall–Kier alpha value is -1.54. The minimum Gasteiger partial charge on any atom is -0.303 e. The van der Waals surface area contributed by atoms with Crippen molar-refractivity contribution in [2.24, 2.45) is 11.8 Å². The largest absolute Gasteiger partial charge is 0.303 e. The van der Waals surface area contributed by atoms with Gasteiger partial charge in [0.05, 0.1) is 0 Å². The Morgan fingerprint density at radius 3 is 1.95 bits per heavy atom. The fourth-order valence-electron chi connectivity index (χ4n) is 2.24. The molecule has 20 heavy (non-hydrogen) atoms. The van der Waals surface area contributed by atoms with E-state index >= 15 is 0 Å². The lowest BCUT2D eigenvalue weighted by atomic mass is 9.90. The fraction of sp³-hybridized carbons (Fsp3) is 0.278. The smallest absolute Gasteiger partial charge is 0.124 e. The lowest BCUT2D eigenvalue weighted by Crippen LogP contribution is -2.18. The van der Waals surface area contributed by atoms with Gasteiger partial charge in [-0.25, -0.2) is 0 Å². The number of hydrogen-bond acceptors (Lipinski definition) is 2. The van der Waals surface area contributed by atoms with E-state index < -0.39 is 0 Å². The molecule has 2 atom stereocenters. The third kappa shape index (κ3) is 3.73. The van der Waals surface area contributed by atoms with Gasteiger partial charge in [0.2, 0.25) is 0 Å². The van der Waals surface area contributed by atoms with Crippen LogP contribution in [0.5, 0.6) is 0 Å². The van der Waals surface area contributed by atoms with Crippen LogP contribution in [0.4, 0.5) is 0 Å². The van der Waals surface area contributed by atoms with Gasteiger partial charge >= 0.3 is 0 Å². The molecule has 0 N–H and O–H groups in total. The van der Waals surface area contributed by atoms with Crippen LogP contribution in [-0.2, 0) is 4.79 Å². The highest BCUT2D eigenvalue weighted by atomic mass is 32.2. The summed E-state index contributed by atoms with van der Waals surface area (Å²) in [4.78, 5) is 12.7. The zero-order chi connectivity index (χ0) is 14.4. The molecule has 0 aliphatic rings. The van der Waals surface area contributed by atoms with E-state index in [1.807, 2.05) is 36.4 Å². The molecule has 1 nitrogen and oxygen atoms in total. The van der Waals surface area contributed by atoms with Crippen molar-refractivity contribution < 1.29 is 4.79 Å². The topological polar surface area (TPSA) is 17.1 Å². The Morgan fingerprint density at radius 2 is 1.45 bits per heavy atom. The van der Waals surface area contributed by atoms with Crippen molar-refractivity contribution in [3.8, 4) is 0 Å². The second-order valence-corrected chi connectivity index (χ2v) is 6.43. The second kappa shape index (κ2) is 7.30. The number of benzene rings is 2. The lowest BCUT2D eigenvalue weighted by Gasteiger charge is -2.26. The van der Waals surface area contributed by atoms with E-state index in [-0.39, 0.29) is 11.2 Å². The summed E-state index contributed by atoms with van der Waals surface area (Å²) in [5, 5.41) is 0.163. The van der Waals surface area contributed by atoms with Crippen molar-refractivity contribution >= 4 is 18.0 Å². The summed E-state index contributed by atoms with van der Waals surface area (Å²) in [6, 6.07) is 20.6. The molecule has 2 unspecified atom stereocenters. The summed E-state index contributed by atoms with van der Waals surface area (Å²) in [7, 11) is 0. The number of carbonyl (C=O) groups excluding carboxylic acids is 1. The van der Waals surface area contributed by atoms with Crippen molar-refractivity contribution in [3.05, 3.63) is 66.2 Å². The normalized spacial score (nSPS) is 13.9. The van der Waals surface area contributed by atoms with Gasteiger partial charge in [-0.1, -0.05) is 62.4 Å². The highest BCUT2D eigenvalue weighted by Gasteiger charge is 2.26. The first-order valence-corrected chi connectivity index (χ1v) is 7.82. The summed E-state index contributed by atoms with van der Waals surface area (Å²) in [6.45, 7) is 4.22. The van der Waals surface area contributed by atoms with E-state index in [0.717, 1.165) is 6.29 Å². The Balaban J connectivity index is 2.31. The van der Waals surface area contributed by atoms with E-state index in [1.54, 1.807) is 11.8 Å². The number of thioether (sulfide) groups is 1. The third-order valence-corrected chi connectivity index (χ3v) is 4.80. The number of carbonyl (C=O) groups is 1. The minimum absolute atomic E-state index is 0.0163. The number of aldehydes is 1. The molecular weight excluding hydrogens is 264 g/mol. The van der Waals surface area contributed by atoms with Gasteiger partial charge in [0.15, 0.2) is 0 Å². The molecule has 0 aliphatic carbocycles. The number of hydrogen-bond donors (Lipinski definition) is 0. The fourth-order valence-corrected chi connectivity index (χ4v) is 3.67. The third-order valence-electron chi connectivity index (χ3n) is 3.41. The minimum atomic E-state index is 0.0163. The van der Waals surface area contributed by atoms with Gasteiger partial charge in [-0.05, 0) is 23.6 Å². The molecular formula is C18H20OS. The van der Waals surface area contributed by atoms with Gasteiger partial charge in [0.1, 0.15) is 6.29 Å². The first-order valence-electron chi connectivity index (χ1n) is 6.94. The standard InChI is InChI=1S/C18H20OS/c1-14(2)17(13-19)18(15-9-5-3-6-10-15)20-16-11-7-4-8-12-16/h3-14,17-18H,1-2H3. The first-order chi connectivity index (χ1) is 9.72.